The zero-order valence-corrected chi connectivity index (χ0v) is 10.8. The summed E-state index contributed by atoms with van der Waals surface area (Å²) in [5, 5.41) is 9.38. The van der Waals surface area contributed by atoms with E-state index >= 15 is 0 Å². The quantitative estimate of drug-likeness (QED) is 0.747. The van der Waals surface area contributed by atoms with E-state index in [-0.39, 0.29) is 25.5 Å². The van der Waals surface area contributed by atoms with Crippen LogP contribution in [0.5, 0.6) is 0 Å². The number of alkyl halides is 1. The largest absolute Gasteiger partial charge is 0.394 e. The summed E-state index contributed by atoms with van der Waals surface area (Å²) in [6.45, 7) is 8.51. The van der Waals surface area contributed by atoms with Gasteiger partial charge >= 0.3 is 0 Å². The molecule has 1 heterocycles. The molecule has 4 heteroatoms. The van der Waals surface area contributed by atoms with Crippen molar-refractivity contribution in [3.05, 3.63) is 0 Å². The fraction of sp³-hybridized carbons (Fsp3) is 0.917. The molecule has 0 aromatic heterocycles. The summed E-state index contributed by atoms with van der Waals surface area (Å²) < 4.78 is 14.0. The molecule has 0 radical (unpaired) electrons. The number of hydrogen-bond acceptors (Lipinski definition) is 2. The second-order valence-corrected chi connectivity index (χ2v) is 6.39. The molecule has 1 aliphatic heterocycles. The molecule has 94 valence electrons. The van der Waals surface area contributed by atoms with E-state index in [4.69, 9.17) is 0 Å². The number of carbonyl (C=O) groups is 1. The summed E-state index contributed by atoms with van der Waals surface area (Å²) in [5.41, 5.74) is -2.72. The third kappa shape index (κ3) is 2.37. The zero-order valence-electron chi connectivity index (χ0n) is 10.8. The molecule has 0 spiro atoms. The van der Waals surface area contributed by atoms with Crippen molar-refractivity contribution in [2.45, 2.75) is 52.2 Å². The molecule has 2 atom stereocenters. The maximum absolute atomic E-state index is 14.0. The Bertz CT molecular complexity index is 296. The van der Waals surface area contributed by atoms with Gasteiger partial charge in [-0.05, 0) is 13.8 Å². The molecule has 0 aliphatic carbocycles. The van der Waals surface area contributed by atoms with E-state index in [9.17, 15) is 14.3 Å². The average Bonchev–Trinajstić information content (AvgIpc) is 2.34. The lowest BCUT2D eigenvalue weighted by Gasteiger charge is -2.37. The number of hydrogen-bond donors (Lipinski definition) is 1. The second kappa shape index (κ2) is 3.69. The van der Waals surface area contributed by atoms with Gasteiger partial charge in [-0.2, -0.15) is 0 Å². The Morgan fingerprint density at radius 2 is 1.94 bits per heavy atom. The molecule has 16 heavy (non-hydrogen) atoms. The maximum Gasteiger partial charge on any atom is 0.228 e. The molecule has 2 unspecified atom stereocenters. The minimum atomic E-state index is -1.40. The Morgan fingerprint density at radius 1 is 1.44 bits per heavy atom. The van der Waals surface area contributed by atoms with E-state index in [1.807, 2.05) is 0 Å². The van der Waals surface area contributed by atoms with Gasteiger partial charge in [-0.1, -0.05) is 20.8 Å². The van der Waals surface area contributed by atoms with Crippen molar-refractivity contribution in [3.63, 3.8) is 0 Å². The highest BCUT2D eigenvalue weighted by atomic mass is 19.1. The summed E-state index contributed by atoms with van der Waals surface area (Å²) in [6.07, 6.45) is 0.193. The lowest BCUT2D eigenvalue weighted by atomic mass is 9.90. The Balaban J connectivity index is 3.00. The molecular weight excluding hydrogens is 209 g/mol. The molecule has 1 N–H and O–H groups in total. The molecule has 1 fully saturated rings. The summed E-state index contributed by atoms with van der Waals surface area (Å²) >= 11 is 0. The Labute approximate surface area is 96.6 Å². The number of nitrogens with zero attached hydrogens (tertiary/aromatic N) is 1. The number of carbonyl (C=O) groups excluding carboxylic acids is 1. The monoisotopic (exact) mass is 231 g/mol. The Morgan fingerprint density at radius 3 is 2.31 bits per heavy atom. The first-order valence-electron chi connectivity index (χ1n) is 5.64. The van der Waals surface area contributed by atoms with E-state index in [1.54, 1.807) is 27.7 Å². The van der Waals surface area contributed by atoms with Crippen molar-refractivity contribution in [1.29, 1.82) is 0 Å². The standard InChI is InChI=1S/C12H22FNO2/c1-10(2,3)9(16)14-7-11(4,13)6-12(14,5)8-15/h15H,6-8H2,1-5H3. The zero-order chi connectivity index (χ0) is 12.8. The fourth-order valence-electron chi connectivity index (χ4n) is 2.33. The fourth-order valence-corrected chi connectivity index (χ4v) is 2.33. The first-order chi connectivity index (χ1) is 7.02. The number of aliphatic hydroxyl groups is 1. The van der Waals surface area contributed by atoms with Crippen LogP contribution in [0, 0.1) is 5.41 Å². The summed E-state index contributed by atoms with van der Waals surface area (Å²) in [4.78, 5) is 13.7. The highest BCUT2D eigenvalue weighted by Gasteiger charge is 2.52. The van der Waals surface area contributed by atoms with E-state index in [1.165, 1.54) is 11.8 Å². The van der Waals surface area contributed by atoms with Crippen LogP contribution in [0.15, 0.2) is 0 Å². The molecule has 0 saturated carbocycles. The van der Waals surface area contributed by atoms with Gasteiger partial charge < -0.3 is 10.0 Å². The topological polar surface area (TPSA) is 40.5 Å². The molecule has 0 aromatic carbocycles. The summed E-state index contributed by atoms with van der Waals surface area (Å²) in [7, 11) is 0. The minimum absolute atomic E-state index is 0.0696. The number of rotatable bonds is 1. The van der Waals surface area contributed by atoms with E-state index in [0.717, 1.165) is 0 Å². The predicted molar refractivity (Wildman–Crippen MR) is 60.8 cm³/mol. The number of halogens is 1. The van der Waals surface area contributed by atoms with Gasteiger partial charge in [-0.15, -0.1) is 0 Å². The van der Waals surface area contributed by atoms with Crippen LogP contribution in [0.4, 0.5) is 4.39 Å². The van der Waals surface area contributed by atoms with Crippen LogP contribution in [0.1, 0.15) is 41.0 Å². The van der Waals surface area contributed by atoms with E-state index in [2.05, 4.69) is 0 Å². The Kier molecular flexibility index (Phi) is 3.10. The van der Waals surface area contributed by atoms with Gasteiger partial charge in [0.15, 0.2) is 0 Å². The molecule has 3 nitrogen and oxygen atoms in total. The van der Waals surface area contributed by atoms with Crippen LogP contribution >= 0.6 is 0 Å². The summed E-state index contributed by atoms with van der Waals surface area (Å²) in [6, 6.07) is 0. The molecule has 1 amide bonds. The molecule has 0 bridgehead atoms. The van der Waals surface area contributed by atoms with Crippen molar-refractivity contribution in [1.82, 2.24) is 4.90 Å². The molecular formula is C12H22FNO2. The van der Waals surface area contributed by atoms with Gasteiger partial charge in [0.1, 0.15) is 5.67 Å². The highest BCUT2D eigenvalue weighted by Crippen LogP contribution is 2.40. The smallest absolute Gasteiger partial charge is 0.228 e. The van der Waals surface area contributed by atoms with Crippen molar-refractivity contribution in [2.24, 2.45) is 5.41 Å². The van der Waals surface area contributed by atoms with Crippen molar-refractivity contribution in [3.8, 4) is 0 Å². The van der Waals surface area contributed by atoms with Crippen LogP contribution in [0.25, 0.3) is 0 Å². The first-order valence-corrected chi connectivity index (χ1v) is 5.64. The summed E-state index contributed by atoms with van der Waals surface area (Å²) in [5.74, 6) is -0.106. The lowest BCUT2D eigenvalue weighted by molar-refractivity contribution is -0.144. The van der Waals surface area contributed by atoms with Gasteiger partial charge in [-0.25, -0.2) is 4.39 Å². The lowest BCUT2D eigenvalue weighted by Crippen LogP contribution is -2.51. The van der Waals surface area contributed by atoms with Gasteiger partial charge in [0.2, 0.25) is 5.91 Å². The highest BCUT2D eigenvalue weighted by molar-refractivity contribution is 5.82. The van der Waals surface area contributed by atoms with Gasteiger partial charge in [0, 0.05) is 11.8 Å². The average molecular weight is 231 g/mol. The third-order valence-corrected chi connectivity index (χ3v) is 3.12. The number of aliphatic hydroxyl groups excluding tert-OH is 1. The third-order valence-electron chi connectivity index (χ3n) is 3.12. The minimum Gasteiger partial charge on any atom is -0.394 e. The van der Waals surface area contributed by atoms with Crippen LogP contribution in [0.3, 0.4) is 0 Å². The number of likely N-dealkylation sites (tertiary alicyclic amines) is 1. The maximum atomic E-state index is 14.0. The molecule has 1 saturated heterocycles. The SMILES string of the molecule is CC1(F)CN(C(=O)C(C)(C)C)C(C)(CO)C1. The predicted octanol–water partition coefficient (Wildman–Crippen LogP) is 1.74. The van der Waals surface area contributed by atoms with Crippen molar-refractivity contribution < 1.29 is 14.3 Å². The normalized spacial score (nSPS) is 35.6. The van der Waals surface area contributed by atoms with Gasteiger partial charge in [0.05, 0.1) is 18.7 Å². The first kappa shape index (κ1) is 13.4. The Hall–Kier alpha value is -0.640. The van der Waals surface area contributed by atoms with E-state index in [0.29, 0.717) is 0 Å². The van der Waals surface area contributed by atoms with Crippen molar-refractivity contribution in [2.75, 3.05) is 13.2 Å². The van der Waals surface area contributed by atoms with Crippen LogP contribution in [0.2, 0.25) is 0 Å². The molecule has 1 aliphatic rings. The molecule has 0 aromatic rings. The van der Waals surface area contributed by atoms with Gasteiger partial charge in [0.25, 0.3) is 0 Å². The van der Waals surface area contributed by atoms with E-state index < -0.39 is 16.6 Å². The van der Waals surface area contributed by atoms with Crippen LogP contribution in [-0.2, 0) is 4.79 Å². The van der Waals surface area contributed by atoms with Crippen LogP contribution in [-0.4, -0.2) is 40.3 Å². The number of amides is 1. The van der Waals surface area contributed by atoms with Gasteiger partial charge in [-0.3, -0.25) is 4.79 Å². The van der Waals surface area contributed by atoms with Crippen LogP contribution < -0.4 is 0 Å². The second-order valence-electron chi connectivity index (χ2n) is 6.39. The molecule has 1 rings (SSSR count). The van der Waals surface area contributed by atoms with Crippen molar-refractivity contribution >= 4 is 5.91 Å².